The van der Waals surface area contributed by atoms with Crippen LogP contribution in [0.15, 0.2) is 42.5 Å². The van der Waals surface area contributed by atoms with Crippen LogP contribution in [0.2, 0.25) is 0 Å². The standard InChI is InChI=1S/C15H16INO2/c1-18-14-6-7-15(19-2)11(8-14)10-17-13-5-3-4-12(16)9-13/h3-9,17H,10H2,1-2H3. The topological polar surface area (TPSA) is 30.5 Å². The molecular weight excluding hydrogens is 353 g/mol. The molecule has 0 aromatic heterocycles. The van der Waals surface area contributed by atoms with Crippen molar-refractivity contribution in [2.24, 2.45) is 0 Å². The lowest BCUT2D eigenvalue weighted by Gasteiger charge is -2.12. The van der Waals surface area contributed by atoms with Gasteiger partial charge in [0.2, 0.25) is 0 Å². The van der Waals surface area contributed by atoms with Gasteiger partial charge in [0.1, 0.15) is 11.5 Å². The normalized spacial score (nSPS) is 10.1. The zero-order valence-corrected chi connectivity index (χ0v) is 13.1. The molecule has 19 heavy (non-hydrogen) atoms. The summed E-state index contributed by atoms with van der Waals surface area (Å²) in [7, 11) is 3.34. The Balaban J connectivity index is 2.14. The van der Waals surface area contributed by atoms with Crippen LogP contribution in [0.1, 0.15) is 5.56 Å². The van der Waals surface area contributed by atoms with Crippen molar-refractivity contribution in [3.8, 4) is 11.5 Å². The molecule has 3 nitrogen and oxygen atoms in total. The van der Waals surface area contributed by atoms with E-state index in [1.54, 1.807) is 14.2 Å². The summed E-state index contributed by atoms with van der Waals surface area (Å²) < 4.78 is 11.8. The minimum atomic E-state index is 0.695. The van der Waals surface area contributed by atoms with E-state index in [0.29, 0.717) is 6.54 Å². The molecule has 100 valence electrons. The number of methoxy groups -OCH3 is 2. The van der Waals surface area contributed by atoms with Gasteiger partial charge in [0, 0.05) is 21.4 Å². The van der Waals surface area contributed by atoms with Gasteiger partial charge in [0.05, 0.1) is 14.2 Å². The fraction of sp³-hybridized carbons (Fsp3) is 0.200. The summed E-state index contributed by atoms with van der Waals surface area (Å²) in [5, 5.41) is 3.39. The van der Waals surface area contributed by atoms with Crippen LogP contribution < -0.4 is 14.8 Å². The molecule has 4 heteroatoms. The van der Waals surface area contributed by atoms with Crippen LogP contribution in [0.4, 0.5) is 5.69 Å². The van der Waals surface area contributed by atoms with E-state index in [0.717, 1.165) is 22.7 Å². The van der Waals surface area contributed by atoms with E-state index in [1.807, 2.05) is 24.3 Å². The van der Waals surface area contributed by atoms with Crippen LogP contribution in [0.3, 0.4) is 0 Å². The highest BCUT2D eigenvalue weighted by atomic mass is 127. The van der Waals surface area contributed by atoms with Crippen molar-refractivity contribution < 1.29 is 9.47 Å². The van der Waals surface area contributed by atoms with Crippen molar-refractivity contribution in [3.63, 3.8) is 0 Å². The Morgan fingerprint density at radius 2 is 1.89 bits per heavy atom. The summed E-state index contributed by atoms with van der Waals surface area (Å²) in [5.74, 6) is 1.69. The van der Waals surface area contributed by atoms with Crippen LogP contribution in [-0.2, 0) is 6.54 Å². The third kappa shape index (κ3) is 3.76. The first-order valence-corrected chi connectivity index (χ1v) is 7.01. The van der Waals surface area contributed by atoms with Crippen LogP contribution in [-0.4, -0.2) is 14.2 Å². The summed E-state index contributed by atoms with van der Waals surface area (Å²) in [6.07, 6.45) is 0. The number of halogens is 1. The van der Waals surface area contributed by atoms with Crippen molar-refractivity contribution in [1.82, 2.24) is 0 Å². The first kappa shape index (κ1) is 14.0. The highest BCUT2D eigenvalue weighted by molar-refractivity contribution is 14.1. The third-order valence-corrected chi connectivity index (χ3v) is 3.47. The van der Waals surface area contributed by atoms with Crippen molar-refractivity contribution >= 4 is 28.3 Å². The Hall–Kier alpha value is -1.43. The average Bonchev–Trinajstić information content (AvgIpc) is 2.45. The number of hydrogen-bond donors (Lipinski definition) is 1. The zero-order valence-electron chi connectivity index (χ0n) is 10.9. The quantitative estimate of drug-likeness (QED) is 0.811. The minimum absolute atomic E-state index is 0.695. The highest BCUT2D eigenvalue weighted by Gasteiger charge is 2.05. The summed E-state index contributed by atoms with van der Waals surface area (Å²) in [5.41, 5.74) is 2.16. The number of ether oxygens (including phenoxy) is 2. The predicted octanol–water partition coefficient (Wildman–Crippen LogP) is 3.92. The largest absolute Gasteiger partial charge is 0.497 e. The van der Waals surface area contributed by atoms with E-state index in [2.05, 4.69) is 46.1 Å². The van der Waals surface area contributed by atoms with Gasteiger partial charge in [-0.2, -0.15) is 0 Å². The number of rotatable bonds is 5. The summed E-state index contributed by atoms with van der Waals surface area (Å²) in [6, 6.07) is 14.1. The molecule has 0 heterocycles. The van der Waals surface area contributed by atoms with E-state index in [9.17, 15) is 0 Å². The van der Waals surface area contributed by atoms with E-state index in [4.69, 9.17) is 9.47 Å². The number of hydrogen-bond acceptors (Lipinski definition) is 3. The number of anilines is 1. The second kappa shape index (κ2) is 6.65. The number of benzene rings is 2. The first-order chi connectivity index (χ1) is 9.22. The molecule has 0 amide bonds. The maximum absolute atomic E-state index is 5.36. The molecule has 0 fully saturated rings. The Morgan fingerprint density at radius 3 is 2.58 bits per heavy atom. The second-order valence-corrected chi connectivity index (χ2v) is 5.29. The average molecular weight is 369 g/mol. The highest BCUT2D eigenvalue weighted by Crippen LogP contribution is 2.25. The van der Waals surface area contributed by atoms with Gasteiger partial charge < -0.3 is 14.8 Å². The summed E-state index contributed by atoms with van der Waals surface area (Å²) in [6.45, 7) is 0.695. The van der Waals surface area contributed by atoms with Gasteiger partial charge in [-0.1, -0.05) is 6.07 Å². The maximum Gasteiger partial charge on any atom is 0.124 e. The smallest absolute Gasteiger partial charge is 0.124 e. The van der Waals surface area contributed by atoms with E-state index in [-0.39, 0.29) is 0 Å². The van der Waals surface area contributed by atoms with Crippen LogP contribution in [0, 0.1) is 3.57 Å². The Morgan fingerprint density at radius 1 is 1.05 bits per heavy atom. The van der Waals surface area contributed by atoms with Crippen molar-refractivity contribution in [1.29, 1.82) is 0 Å². The van der Waals surface area contributed by atoms with Crippen LogP contribution in [0.5, 0.6) is 11.5 Å². The van der Waals surface area contributed by atoms with Gasteiger partial charge in [-0.05, 0) is 59.0 Å². The lowest BCUT2D eigenvalue weighted by atomic mass is 10.2. The molecule has 1 N–H and O–H groups in total. The molecule has 0 unspecified atom stereocenters. The molecule has 0 saturated heterocycles. The molecule has 0 radical (unpaired) electrons. The van der Waals surface area contributed by atoms with Gasteiger partial charge in [0.15, 0.2) is 0 Å². The lowest BCUT2D eigenvalue weighted by molar-refractivity contribution is 0.399. The molecule has 0 bridgehead atoms. The van der Waals surface area contributed by atoms with Gasteiger partial charge in [-0.25, -0.2) is 0 Å². The van der Waals surface area contributed by atoms with Crippen molar-refractivity contribution in [2.75, 3.05) is 19.5 Å². The maximum atomic E-state index is 5.36. The molecule has 2 aromatic carbocycles. The Bertz CT molecular complexity index is 558. The van der Waals surface area contributed by atoms with Gasteiger partial charge in [-0.3, -0.25) is 0 Å². The fourth-order valence-corrected chi connectivity index (χ4v) is 2.36. The van der Waals surface area contributed by atoms with Gasteiger partial charge in [-0.15, -0.1) is 0 Å². The van der Waals surface area contributed by atoms with Gasteiger partial charge >= 0.3 is 0 Å². The molecule has 2 aromatic rings. The fourth-order valence-electron chi connectivity index (χ4n) is 1.82. The van der Waals surface area contributed by atoms with Gasteiger partial charge in [0.25, 0.3) is 0 Å². The van der Waals surface area contributed by atoms with Crippen molar-refractivity contribution in [3.05, 3.63) is 51.6 Å². The van der Waals surface area contributed by atoms with Crippen LogP contribution >= 0.6 is 22.6 Å². The second-order valence-electron chi connectivity index (χ2n) is 4.04. The first-order valence-electron chi connectivity index (χ1n) is 5.93. The Kier molecular flexibility index (Phi) is 4.90. The number of nitrogens with one attached hydrogen (secondary N) is 1. The zero-order chi connectivity index (χ0) is 13.7. The van der Waals surface area contributed by atoms with E-state index >= 15 is 0 Å². The molecule has 0 aliphatic rings. The minimum Gasteiger partial charge on any atom is -0.497 e. The summed E-state index contributed by atoms with van der Waals surface area (Å²) in [4.78, 5) is 0. The Labute approximate surface area is 127 Å². The molecule has 0 atom stereocenters. The molecule has 0 aliphatic heterocycles. The molecule has 0 saturated carbocycles. The lowest BCUT2D eigenvalue weighted by Crippen LogP contribution is -2.02. The summed E-state index contributed by atoms with van der Waals surface area (Å²) >= 11 is 2.30. The van der Waals surface area contributed by atoms with Crippen molar-refractivity contribution in [2.45, 2.75) is 6.54 Å². The predicted molar refractivity (Wildman–Crippen MR) is 86.0 cm³/mol. The van der Waals surface area contributed by atoms with E-state index < -0.39 is 0 Å². The van der Waals surface area contributed by atoms with Crippen LogP contribution in [0.25, 0.3) is 0 Å². The SMILES string of the molecule is COc1ccc(OC)c(CNc2cccc(I)c2)c1. The molecule has 0 aliphatic carbocycles. The van der Waals surface area contributed by atoms with E-state index in [1.165, 1.54) is 3.57 Å². The monoisotopic (exact) mass is 369 g/mol. The molecule has 0 spiro atoms. The molecule has 2 rings (SSSR count). The molecular formula is C15H16INO2. The third-order valence-electron chi connectivity index (χ3n) is 2.80.